The lowest BCUT2D eigenvalue weighted by atomic mass is 9.75. The molecule has 3 heteroatoms. The fourth-order valence-electron chi connectivity index (χ4n) is 2.19. The smallest absolute Gasteiger partial charge is 0.305 e. The summed E-state index contributed by atoms with van der Waals surface area (Å²) in [6.45, 7) is 4.02. The molecule has 0 heterocycles. The molecule has 86 valence electrons. The molecule has 0 saturated heterocycles. The van der Waals surface area contributed by atoms with Gasteiger partial charge < -0.3 is 4.74 Å². The van der Waals surface area contributed by atoms with E-state index < -0.39 is 0 Å². The summed E-state index contributed by atoms with van der Waals surface area (Å²) in [4.78, 5) is 22.7. The lowest BCUT2D eigenvalue weighted by Gasteiger charge is -2.29. The first-order valence-electron chi connectivity index (χ1n) is 5.64. The summed E-state index contributed by atoms with van der Waals surface area (Å²) in [7, 11) is 1.41. The monoisotopic (exact) mass is 212 g/mol. The van der Waals surface area contributed by atoms with E-state index in [9.17, 15) is 9.59 Å². The van der Waals surface area contributed by atoms with Crippen LogP contribution in [0.2, 0.25) is 0 Å². The zero-order chi connectivity index (χ0) is 11.4. The molecule has 0 aromatic carbocycles. The number of esters is 1. The summed E-state index contributed by atoms with van der Waals surface area (Å²) in [6, 6.07) is 0. The molecule has 3 atom stereocenters. The van der Waals surface area contributed by atoms with E-state index in [-0.39, 0.29) is 17.8 Å². The molecule has 3 nitrogen and oxygen atoms in total. The molecule has 0 aromatic rings. The van der Waals surface area contributed by atoms with Gasteiger partial charge in [0, 0.05) is 18.8 Å². The molecular formula is C12H20O3. The Kier molecular flexibility index (Phi) is 4.30. The van der Waals surface area contributed by atoms with Crippen LogP contribution < -0.4 is 0 Å². The average Bonchev–Trinajstić information content (AvgIpc) is 2.21. The fraction of sp³-hybridized carbons (Fsp3) is 0.833. The van der Waals surface area contributed by atoms with Gasteiger partial charge in [-0.15, -0.1) is 0 Å². The predicted molar refractivity (Wildman–Crippen MR) is 57.3 cm³/mol. The molecule has 0 aliphatic heterocycles. The summed E-state index contributed by atoms with van der Waals surface area (Å²) in [5.41, 5.74) is 0. The standard InChI is InChI=1S/C12H20O3/c1-8-4-5-10(7-11(8)13)9(2)6-12(14)15-3/h8-10H,4-7H2,1-3H3. The van der Waals surface area contributed by atoms with Gasteiger partial charge in [0.1, 0.15) is 5.78 Å². The molecule has 0 spiro atoms. The topological polar surface area (TPSA) is 43.4 Å². The van der Waals surface area contributed by atoms with Gasteiger partial charge in [-0.3, -0.25) is 9.59 Å². The number of ketones is 1. The van der Waals surface area contributed by atoms with Crippen molar-refractivity contribution in [2.75, 3.05) is 7.11 Å². The summed E-state index contributed by atoms with van der Waals surface area (Å²) < 4.78 is 4.64. The first-order valence-corrected chi connectivity index (χ1v) is 5.64. The minimum Gasteiger partial charge on any atom is -0.469 e. The predicted octanol–water partition coefficient (Wildman–Crippen LogP) is 2.19. The Morgan fingerprint density at radius 2 is 2.20 bits per heavy atom. The van der Waals surface area contributed by atoms with E-state index in [1.54, 1.807) is 0 Å². The van der Waals surface area contributed by atoms with Crippen LogP contribution in [0.5, 0.6) is 0 Å². The molecule has 1 aliphatic carbocycles. The number of ether oxygens (including phenoxy) is 1. The van der Waals surface area contributed by atoms with E-state index >= 15 is 0 Å². The second kappa shape index (κ2) is 5.29. The van der Waals surface area contributed by atoms with Crippen LogP contribution in [-0.4, -0.2) is 18.9 Å². The third-order valence-corrected chi connectivity index (χ3v) is 3.50. The number of Topliss-reactive ketones (excluding diaryl/α,β-unsaturated/α-hetero) is 1. The molecule has 0 bridgehead atoms. The second-order valence-corrected chi connectivity index (χ2v) is 4.67. The third kappa shape index (κ3) is 3.33. The summed E-state index contributed by atoms with van der Waals surface area (Å²) in [5, 5.41) is 0. The van der Waals surface area contributed by atoms with Crippen LogP contribution in [-0.2, 0) is 14.3 Å². The number of hydrogen-bond acceptors (Lipinski definition) is 3. The van der Waals surface area contributed by atoms with Gasteiger partial charge >= 0.3 is 5.97 Å². The van der Waals surface area contributed by atoms with Gasteiger partial charge in [0.2, 0.25) is 0 Å². The molecule has 1 saturated carbocycles. The molecule has 1 rings (SSSR count). The Hall–Kier alpha value is -0.860. The van der Waals surface area contributed by atoms with Gasteiger partial charge in [-0.2, -0.15) is 0 Å². The van der Waals surface area contributed by atoms with Crippen molar-refractivity contribution >= 4 is 11.8 Å². The van der Waals surface area contributed by atoms with Gasteiger partial charge in [0.05, 0.1) is 7.11 Å². The first kappa shape index (κ1) is 12.2. The normalized spacial score (nSPS) is 28.6. The minimum absolute atomic E-state index is 0.173. The first-order chi connectivity index (χ1) is 7.04. The van der Waals surface area contributed by atoms with Crippen LogP contribution in [0, 0.1) is 17.8 Å². The van der Waals surface area contributed by atoms with Crippen LogP contribution in [0.25, 0.3) is 0 Å². The maximum atomic E-state index is 11.5. The van der Waals surface area contributed by atoms with E-state index in [4.69, 9.17) is 0 Å². The van der Waals surface area contributed by atoms with Crippen LogP contribution >= 0.6 is 0 Å². The fourth-order valence-corrected chi connectivity index (χ4v) is 2.19. The third-order valence-electron chi connectivity index (χ3n) is 3.50. The van der Waals surface area contributed by atoms with E-state index in [0.29, 0.717) is 24.5 Å². The minimum atomic E-state index is -0.173. The van der Waals surface area contributed by atoms with Crippen LogP contribution in [0.1, 0.15) is 39.5 Å². The highest BCUT2D eigenvalue weighted by atomic mass is 16.5. The highest BCUT2D eigenvalue weighted by Gasteiger charge is 2.29. The average molecular weight is 212 g/mol. The van der Waals surface area contributed by atoms with E-state index in [0.717, 1.165) is 12.8 Å². The quantitative estimate of drug-likeness (QED) is 0.673. The SMILES string of the molecule is COC(=O)CC(C)C1CCC(C)C(=O)C1. The Labute approximate surface area is 91.2 Å². The molecule has 1 fully saturated rings. The number of hydrogen-bond donors (Lipinski definition) is 0. The lowest BCUT2D eigenvalue weighted by Crippen LogP contribution is -2.27. The Morgan fingerprint density at radius 3 is 2.73 bits per heavy atom. The van der Waals surface area contributed by atoms with Crippen LogP contribution in [0.15, 0.2) is 0 Å². The maximum absolute atomic E-state index is 11.5. The molecule has 0 amide bonds. The zero-order valence-electron chi connectivity index (χ0n) is 9.79. The van der Waals surface area contributed by atoms with Crippen molar-refractivity contribution in [1.29, 1.82) is 0 Å². The van der Waals surface area contributed by atoms with Crippen molar-refractivity contribution in [3.8, 4) is 0 Å². The molecule has 15 heavy (non-hydrogen) atoms. The zero-order valence-corrected chi connectivity index (χ0v) is 9.79. The number of carbonyl (C=O) groups excluding carboxylic acids is 2. The number of rotatable bonds is 3. The Morgan fingerprint density at radius 1 is 1.53 bits per heavy atom. The van der Waals surface area contributed by atoms with Crippen LogP contribution in [0.3, 0.4) is 0 Å². The molecule has 0 radical (unpaired) electrons. The van der Waals surface area contributed by atoms with Crippen molar-refractivity contribution in [3.63, 3.8) is 0 Å². The van der Waals surface area contributed by atoms with Crippen LogP contribution in [0.4, 0.5) is 0 Å². The number of methoxy groups -OCH3 is 1. The summed E-state index contributed by atoms with van der Waals surface area (Å²) in [5.74, 6) is 1.02. The van der Waals surface area contributed by atoms with Gasteiger partial charge in [0.15, 0.2) is 0 Å². The summed E-state index contributed by atoms with van der Waals surface area (Å²) >= 11 is 0. The largest absolute Gasteiger partial charge is 0.469 e. The molecule has 0 N–H and O–H groups in total. The van der Waals surface area contributed by atoms with Gasteiger partial charge in [-0.25, -0.2) is 0 Å². The van der Waals surface area contributed by atoms with Crippen molar-refractivity contribution < 1.29 is 14.3 Å². The van der Waals surface area contributed by atoms with E-state index in [1.165, 1.54) is 7.11 Å². The maximum Gasteiger partial charge on any atom is 0.305 e. The molecule has 0 aromatic heterocycles. The highest BCUT2D eigenvalue weighted by molar-refractivity contribution is 5.81. The van der Waals surface area contributed by atoms with Gasteiger partial charge in [-0.05, 0) is 24.7 Å². The van der Waals surface area contributed by atoms with E-state index in [2.05, 4.69) is 4.74 Å². The molecular weight excluding hydrogens is 192 g/mol. The van der Waals surface area contributed by atoms with Crippen molar-refractivity contribution in [3.05, 3.63) is 0 Å². The number of carbonyl (C=O) groups is 2. The van der Waals surface area contributed by atoms with Crippen molar-refractivity contribution in [1.82, 2.24) is 0 Å². The molecule has 3 unspecified atom stereocenters. The lowest BCUT2D eigenvalue weighted by molar-refractivity contribution is -0.142. The second-order valence-electron chi connectivity index (χ2n) is 4.67. The van der Waals surface area contributed by atoms with Crippen molar-refractivity contribution in [2.45, 2.75) is 39.5 Å². The summed E-state index contributed by atoms with van der Waals surface area (Å²) in [6.07, 6.45) is 3.10. The van der Waals surface area contributed by atoms with E-state index in [1.807, 2.05) is 13.8 Å². The Balaban J connectivity index is 2.43. The molecule has 1 aliphatic rings. The highest BCUT2D eigenvalue weighted by Crippen LogP contribution is 2.32. The van der Waals surface area contributed by atoms with Crippen molar-refractivity contribution in [2.24, 2.45) is 17.8 Å². The Bertz CT molecular complexity index is 247. The van der Waals surface area contributed by atoms with Gasteiger partial charge in [-0.1, -0.05) is 13.8 Å². The van der Waals surface area contributed by atoms with Gasteiger partial charge in [0.25, 0.3) is 0 Å².